The highest BCUT2D eigenvalue weighted by Crippen LogP contribution is 2.14. The van der Waals surface area contributed by atoms with Gasteiger partial charge >= 0.3 is 11.9 Å². The summed E-state index contributed by atoms with van der Waals surface area (Å²) in [6.07, 6.45) is 2.82. The number of nitriles is 1. The summed E-state index contributed by atoms with van der Waals surface area (Å²) in [5, 5.41) is 8.60. The van der Waals surface area contributed by atoms with Crippen LogP contribution in [0.25, 0.3) is 0 Å². The minimum atomic E-state index is -0.600. The minimum Gasteiger partial charge on any atom is -0.462 e. The van der Waals surface area contributed by atoms with Crippen LogP contribution in [0.3, 0.4) is 0 Å². The quantitative estimate of drug-likeness (QED) is 0.737. The van der Waals surface area contributed by atoms with Crippen LogP contribution in [-0.2, 0) is 16.0 Å². The van der Waals surface area contributed by atoms with Crippen LogP contribution in [-0.4, -0.2) is 29.7 Å². The van der Waals surface area contributed by atoms with Gasteiger partial charge in [0.25, 0.3) is 0 Å². The van der Waals surface area contributed by atoms with Crippen LogP contribution >= 0.6 is 0 Å². The Kier molecular flexibility index (Phi) is 4.93. The van der Waals surface area contributed by atoms with Gasteiger partial charge in [0.2, 0.25) is 0 Å². The summed E-state index contributed by atoms with van der Waals surface area (Å²) in [6.45, 7) is 3.82. The number of ether oxygens (including phenoxy) is 2. The summed E-state index contributed by atoms with van der Waals surface area (Å²) in [5.41, 5.74) is 0.233. The molecule has 0 saturated carbocycles. The van der Waals surface area contributed by atoms with Crippen LogP contribution in [0.5, 0.6) is 0 Å². The molecule has 0 N–H and O–H groups in total. The summed E-state index contributed by atoms with van der Waals surface area (Å²) in [4.78, 5) is 23.3. The lowest BCUT2D eigenvalue weighted by atomic mass is 10.2. The van der Waals surface area contributed by atoms with Gasteiger partial charge in [0, 0.05) is 12.4 Å². The maximum Gasteiger partial charge on any atom is 0.340 e. The summed E-state index contributed by atoms with van der Waals surface area (Å²) in [7, 11) is 0. The van der Waals surface area contributed by atoms with E-state index in [-0.39, 0.29) is 30.9 Å². The van der Waals surface area contributed by atoms with Crippen LogP contribution in [0.15, 0.2) is 12.4 Å². The van der Waals surface area contributed by atoms with Gasteiger partial charge < -0.3 is 14.0 Å². The number of hydrogen-bond donors (Lipinski definition) is 0. The first-order chi connectivity index (χ1) is 8.63. The molecule has 1 heterocycles. The fourth-order valence-electron chi connectivity index (χ4n) is 1.42. The molecule has 0 unspecified atom stereocenters. The first-order valence-electron chi connectivity index (χ1n) is 5.55. The molecule has 0 bridgehead atoms. The fraction of sp³-hybridized carbons (Fsp3) is 0.417. The van der Waals surface area contributed by atoms with Gasteiger partial charge in [0.15, 0.2) is 0 Å². The van der Waals surface area contributed by atoms with Crippen molar-refractivity contribution in [3.63, 3.8) is 0 Å². The van der Waals surface area contributed by atoms with Crippen molar-refractivity contribution in [2.24, 2.45) is 0 Å². The third-order valence-corrected chi connectivity index (χ3v) is 2.12. The molecule has 1 aromatic heterocycles. The van der Waals surface area contributed by atoms with E-state index in [2.05, 4.69) is 0 Å². The van der Waals surface area contributed by atoms with Crippen molar-refractivity contribution < 1.29 is 19.1 Å². The molecule has 0 aliphatic rings. The lowest BCUT2D eigenvalue weighted by Crippen LogP contribution is -2.11. The SMILES string of the molecule is CCOC(=O)c1cn(CC#N)cc1C(=O)OCC. The Labute approximate surface area is 105 Å². The number of carbonyl (C=O) groups is 2. The topological polar surface area (TPSA) is 81.3 Å². The minimum absolute atomic E-state index is 0.0474. The van der Waals surface area contributed by atoms with Crippen molar-refractivity contribution in [2.75, 3.05) is 13.2 Å². The van der Waals surface area contributed by atoms with Crippen molar-refractivity contribution in [3.8, 4) is 6.07 Å². The molecule has 0 spiro atoms. The van der Waals surface area contributed by atoms with Crippen molar-refractivity contribution in [3.05, 3.63) is 23.5 Å². The Morgan fingerprint density at radius 3 is 1.94 bits per heavy atom. The predicted octanol–water partition coefficient (Wildman–Crippen LogP) is 1.37. The van der Waals surface area contributed by atoms with E-state index in [0.717, 1.165) is 0 Å². The Hall–Kier alpha value is -2.29. The maximum absolute atomic E-state index is 11.7. The zero-order valence-corrected chi connectivity index (χ0v) is 10.3. The summed E-state index contributed by atoms with van der Waals surface area (Å²) in [6, 6.07) is 1.93. The van der Waals surface area contributed by atoms with Gasteiger partial charge in [-0.1, -0.05) is 0 Å². The number of carbonyl (C=O) groups excluding carboxylic acids is 2. The van der Waals surface area contributed by atoms with Crippen molar-refractivity contribution in [1.82, 2.24) is 4.57 Å². The predicted molar refractivity (Wildman–Crippen MR) is 62.0 cm³/mol. The van der Waals surface area contributed by atoms with E-state index in [1.807, 2.05) is 6.07 Å². The van der Waals surface area contributed by atoms with Gasteiger partial charge in [-0.3, -0.25) is 0 Å². The number of hydrogen-bond acceptors (Lipinski definition) is 5. The summed E-state index contributed by atoms with van der Waals surface area (Å²) in [5.74, 6) is -1.20. The third-order valence-electron chi connectivity index (χ3n) is 2.12. The second kappa shape index (κ2) is 6.45. The Bertz CT molecular complexity index is 449. The molecule has 0 fully saturated rings. The van der Waals surface area contributed by atoms with Crippen LogP contribution in [0.1, 0.15) is 34.6 Å². The molecule has 96 valence electrons. The molecule has 6 heteroatoms. The first kappa shape index (κ1) is 13.8. The van der Waals surface area contributed by atoms with Crippen LogP contribution in [0.2, 0.25) is 0 Å². The van der Waals surface area contributed by atoms with Gasteiger partial charge in [0.05, 0.1) is 30.4 Å². The lowest BCUT2D eigenvalue weighted by Gasteiger charge is -2.02. The van der Waals surface area contributed by atoms with E-state index in [1.165, 1.54) is 17.0 Å². The Morgan fingerprint density at radius 2 is 1.61 bits per heavy atom. The zero-order valence-electron chi connectivity index (χ0n) is 10.3. The highest BCUT2D eigenvalue weighted by atomic mass is 16.5. The molecule has 0 saturated heterocycles. The van der Waals surface area contributed by atoms with E-state index >= 15 is 0 Å². The van der Waals surface area contributed by atoms with Gasteiger partial charge in [-0.25, -0.2) is 9.59 Å². The lowest BCUT2D eigenvalue weighted by molar-refractivity contribution is 0.0480. The second-order valence-electron chi connectivity index (χ2n) is 3.36. The van der Waals surface area contributed by atoms with E-state index in [9.17, 15) is 9.59 Å². The standard InChI is InChI=1S/C12H14N2O4/c1-3-17-11(15)9-7-14(6-5-13)8-10(9)12(16)18-4-2/h7-8H,3-4,6H2,1-2H3. The number of nitrogens with zero attached hydrogens (tertiary/aromatic N) is 2. The van der Waals surface area contributed by atoms with E-state index in [4.69, 9.17) is 14.7 Å². The third kappa shape index (κ3) is 3.10. The maximum atomic E-state index is 11.7. The molecular formula is C12H14N2O4. The van der Waals surface area contributed by atoms with Gasteiger partial charge in [-0.2, -0.15) is 5.26 Å². The number of aromatic nitrogens is 1. The number of rotatable bonds is 5. The number of esters is 2. The van der Waals surface area contributed by atoms with Crippen molar-refractivity contribution in [2.45, 2.75) is 20.4 Å². The molecule has 0 aromatic carbocycles. The van der Waals surface area contributed by atoms with Crippen LogP contribution in [0, 0.1) is 11.3 Å². The van der Waals surface area contributed by atoms with Crippen molar-refractivity contribution in [1.29, 1.82) is 5.26 Å². The molecule has 0 aliphatic heterocycles. The zero-order chi connectivity index (χ0) is 13.5. The molecule has 0 radical (unpaired) electrons. The second-order valence-corrected chi connectivity index (χ2v) is 3.36. The fourth-order valence-corrected chi connectivity index (χ4v) is 1.42. The monoisotopic (exact) mass is 250 g/mol. The van der Waals surface area contributed by atoms with E-state index in [0.29, 0.717) is 0 Å². The summed E-state index contributed by atoms with van der Waals surface area (Å²) >= 11 is 0. The Balaban J connectivity index is 3.09. The van der Waals surface area contributed by atoms with E-state index < -0.39 is 11.9 Å². The Morgan fingerprint density at radius 1 is 1.17 bits per heavy atom. The van der Waals surface area contributed by atoms with Crippen molar-refractivity contribution >= 4 is 11.9 Å². The van der Waals surface area contributed by atoms with Gasteiger partial charge in [-0.15, -0.1) is 0 Å². The van der Waals surface area contributed by atoms with E-state index in [1.54, 1.807) is 13.8 Å². The molecule has 1 aromatic rings. The molecular weight excluding hydrogens is 236 g/mol. The average Bonchev–Trinajstić information content (AvgIpc) is 2.74. The summed E-state index contributed by atoms with van der Waals surface area (Å²) < 4.78 is 11.1. The molecule has 0 aliphatic carbocycles. The highest BCUT2D eigenvalue weighted by molar-refractivity contribution is 6.03. The molecule has 0 amide bonds. The average molecular weight is 250 g/mol. The smallest absolute Gasteiger partial charge is 0.340 e. The van der Waals surface area contributed by atoms with Crippen LogP contribution in [0.4, 0.5) is 0 Å². The largest absolute Gasteiger partial charge is 0.462 e. The molecule has 6 nitrogen and oxygen atoms in total. The first-order valence-corrected chi connectivity index (χ1v) is 5.55. The van der Waals surface area contributed by atoms with Crippen LogP contribution < -0.4 is 0 Å². The van der Waals surface area contributed by atoms with Gasteiger partial charge in [0.1, 0.15) is 6.54 Å². The molecule has 0 atom stereocenters. The molecule has 1 rings (SSSR count). The van der Waals surface area contributed by atoms with Gasteiger partial charge in [-0.05, 0) is 13.8 Å². The molecule has 18 heavy (non-hydrogen) atoms. The normalized spacial score (nSPS) is 9.61. The highest BCUT2D eigenvalue weighted by Gasteiger charge is 2.21.